The van der Waals surface area contributed by atoms with Crippen LogP contribution in [0.2, 0.25) is 0 Å². The Bertz CT molecular complexity index is 968. The average molecular weight is 396 g/mol. The normalized spacial score (nSPS) is 12.8. The van der Waals surface area contributed by atoms with Gasteiger partial charge in [0.2, 0.25) is 0 Å². The first-order valence-electron chi connectivity index (χ1n) is 8.96. The molecule has 0 unspecified atom stereocenters. The van der Waals surface area contributed by atoms with Crippen LogP contribution < -0.4 is 10.1 Å². The van der Waals surface area contributed by atoms with E-state index in [2.05, 4.69) is 5.32 Å². The molecule has 7 heteroatoms. The van der Waals surface area contributed by atoms with Crippen LogP contribution in [0.3, 0.4) is 0 Å². The number of methoxy groups -OCH3 is 1. The zero-order chi connectivity index (χ0) is 20.1. The minimum Gasteiger partial charge on any atom is -0.494 e. The van der Waals surface area contributed by atoms with Gasteiger partial charge in [-0.25, -0.2) is 4.79 Å². The summed E-state index contributed by atoms with van der Waals surface area (Å²) in [5, 5.41) is 12.6. The van der Waals surface area contributed by atoms with Gasteiger partial charge in [-0.2, -0.15) is 5.26 Å². The maximum atomic E-state index is 12.6. The molecule has 0 radical (unpaired) electrons. The number of hydrogen-bond donors (Lipinski definition) is 1. The Morgan fingerprint density at radius 1 is 1.29 bits per heavy atom. The van der Waals surface area contributed by atoms with Gasteiger partial charge >= 0.3 is 5.97 Å². The molecule has 1 N–H and O–H groups in total. The summed E-state index contributed by atoms with van der Waals surface area (Å²) >= 11 is 1.38. The van der Waals surface area contributed by atoms with E-state index in [1.807, 2.05) is 13.0 Å². The second kappa shape index (κ2) is 8.72. The van der Waals surface area contributed by atoms with Gasteiger partial charge in [0, 0.05) is 4.88 Å². The van der Waals surface area contributed by atoms with E-state index >= 15 is 0 Å². The molecular weight excluding hydrogens is 376 g/mol. The average Bonchev–Trinajstić information content (AvgIpc) is 3.27. The number of nitrogens with one attached hydrogen (secondary N) is 1. The van der Waals surface area contributed by atoms with Gasteiger partial charge in [0.25, 0.3) is 5.91 Å². The van der Waals surface area contributed by atoms with Crippen LogP contribution in [-0.4, -0.2) is 25.6 Å². The Morgan fingerprint density at radius 2 is 2.04 bits per heavy atom. The van der Waals surface area contributed by atoms with Gasteiger partial charge < -0.3 is 14.8 Å². The second-order valence-electron chi connectivity index (χ2n) is 6.18. The monoisotopic (exact) mass is 396 g/mol. The number of hydrogen-bond acceptors (Lipinski definition) is 6. The molecule has 1 aromatic heterocycles. The van der Waals surface area contributed by atoms with Gasteiger partial charge in [-0.15, -0.1) is 11.3 Å². The number of anilines is 1. The zero-order valence-corrected chi connectivity index (χ0v) is 16.5. The molecule has 0 spiro atoms. The molecular formula is C21H20N2O4S. The largest absolute Gasteiger partial charge is 0.494 e. The lowest BCUT2D eigenvalue weighted by molar-refractivity contribution is -0.112. The Hall–Kier alpha value is -3.11. The first-order chi connectivity index (χ1) is 13.6. The molecule has 3 rings (SSSR count). The molecule has 2 aromatic rings. The van der Waals surface area contributed by atoms with Crippen LogP contribution in [0, 0.1) is 11.3 Å². The van der Waals surface area contributed by atoms with E-state index in [-0.39, 0.29) is 5.57 Å². The molecule has 1 aliphatic rings. The summed E-state index contributed by atoms with van der Waals surface area (Å²) < 4.78 is 10.3. The fourth-order valence-corrected chi connectivity index (χ4v) is 4.40. The number of esters is 1. The topological polar surface area (TPSA) is 88.4 Å². The third-order valence-corrected chi connectivity index (χ3v) is 5.61. The predicted molar refractivity (Wildman–Crippen MR) is 108 cm³/mol. The first-order valence-corrected chi connectivity index (χ1v) is 9.77. The molecule has 6 nitrogen and oxygen atoms in total. The molecule has 0 aliphatic heterocycles. The van der Waals surface area contributed by atoms with Crippen LogP contribution in [0.1, 0.15) is 39.7 Å². The van der Waals surface area contributed by atoms with E-state index in [0.29, 0.717) is 22.7 Å². The molecule has 1 amide bonds. The van der Waals surface area contributed by atoms with Crippen LogP contribution in [0.25, 0.3) is 6.08 Å². The zero-order valence-electron chi connectivity index (χ0n) is 15.7. The fraction of sp³-hybridized carbons (Fsp3) is 0.286. The van der Waals surface area contributed by atoms with Crippen LogP contribution in [-0.2, 0) is 22.4 Å². The molecule has 28 heavy (non-hydrogen) atoms. The maximum absolute atomic E-state index is 12.6. The highest BCUT2D eigenvalue weighted by molar-refractivity contribution is 7.17. The quantitative estimate of drug-likeness (QED) is 0.453. The van der Waals surface area contributed by atoms with Gasteiger partial charge in [0.05, 0.1) is 19.3 Å². The lowest BCUT2D eigenvalue weighted by atomic mass is 10.1. The number of aryl methyl sites for hydroxylation is 1. The maximum Gasteiger partial charge on any atom is 0.341 e. The number of carbonyl (C=O) groups excluding carboxylic acids is 2. The molecule has 1 aromatic carbocycles. The highest BCUT2D eigenvalue weighted by atomic mass is 32.1. The third-order valence-electron chi connectivity index (χ3n) is 4.41. The highest BCUT2D eigenvalue weighted by Gasteiger charge is 2.28. The Morgan fingerprint density at radius 3 is 2.68 bits per heavy atom. The lowest BCUT2D eigenvalue weighted by Gasteiger charge is -2.07. The molecule has 0 fully saturated rings. The van der Waals surface area contributed by atoms with E-state index < -0.39 is 11.9 Å². The smallest absolute Gasteiger partial charge is 0.341 e. The molecule has 0 saturated heterocycles. The Kier molecular flexibility index (Phi) is 6.12. The Balaban J connectivity index is 1.83. The van der Waals surface area contributed by atoms with E-state index in [0.717, 1.165) is 35.5 Å². The number of ether oxygens (including phenoxy) is 2. The summed E-state index contributed by atoms with van der Waals surface area (Å²) in [6.45, 7) is 2.46. The molecule has 1 aliphatic carbocycles. The van der Waals surface area contributed by atoms with Crippen molar-refractivity contribution in [1.82, 2.24) is 0 Å². The van der Waals surface area contributed by atoms with E-state index in [1.165, 1.54) is 24.5 Å². The van der Waals surface area contributed by atoms with Crippen LogP contribution >= 0.6 is 11.3 Å². The van der Waals surface area contributed by atoms with Crippen molar-refractivity contribution in [1.29, 1.82) is 5.26 Å². The Labute approximate surface area is 167 Å². The van der Waals surface area contributed by atoms with Crippen molar-refractivity contribution in [2.24, 2.45) is 0 Å². The number of rotatable bonds is 6. The predicted octanol–water partition coefficient (Wildman–Crippen LogP) is 3.97. The summed E-state index contributed by atoms with van der Waals surface area (Å²) in [7, 11) is 1.32. The van der Waals surface area contributed by atoms with Crippen molar-refractivity contribution in [3.05, 3.63) is 51.4 Å². The van der Waals surface area contributed by atoms with Gasteiger partial charge in [-0.05, 0) is 55.5 Å². The number of amides is 1. The number of benzene rings is 1. The van der Waals surface area contributed by atoms with E-state index in [1.54, 1.807) is 24.3 Å². The van der Waals surface area contributed by atoms with Crippen molar-refractivity contribution < 1.29 is 19.1 Å². The van der Waals surface area contributed by atoms with Gasteiger partial charge in [-0.3, -0.25) is 4.79 Å². The first kappa shape index (κ1) is 19.6. The van der Waals surface area contributed by atoms with E-state index in [4.69, 9.17) is 9.47 Å². The summed E-state index contributed by atoms with van der Waals surface area (Å²) in [6.07, 6.45) is 4.16. The SMILES string of the molecule is CCOc1ccc(C=C(C#N)C(=O)Nc2sc3c(c2C(=O)OC)CCC3)cc1. The number of fused-ring (bicyclic) bond motifs is 1. The van der Waals surface area contributed by atoms with E-state index in [9.17, 15) is 14.9 Å². The number of carbonyl (C=O) groups is 2. The van der Waals surface area contributed by atoms with Crippen LogP contribution in [0.5, 0.6) is 5.75 Å². The van der Waals surface area contributed by atoms with Crippen molar-refractivity contribution in [3.8, 4) is 11.8 Å². The third kappa shape index (κ3) is 4.07. The minimum atomic E-state index is -0.554. The highest BCUT2D eigenvalue weighted by Crippen LogP contribution is 2.39. The van der Waals surface area contributed by atoms with Crippen molar-refractivity contribution >= 4 is 34.3 Å². The second-order valence-corrected chi connectivity index (χ2v) is 7.28. The summed E-state index contributed by atoms with van der Waals surface area (Å²) in [5.41, 5.74) is 2.01. The fourth-order valence-electron chi connectivity index (χ4n) is 3.12. The molecule has 144 valence electrons. The molecule has 1 heterocycles. The summed E-state index contributed by atoms with van der Waals surface area (Å²) in [6, 6.07) is 9.03. The lowest BCUT2D eigenvalue weighted by Crippen LogP contribution is -2.15. The molecule has 0 saturated carbocycles. The number of nitriles is 1. The number of thiophene rings is 1. The van der Waals surface area contributed by atoms with Gasteiger partial charge in [0.1, 0.15) is 22.4 Å². The molecule has 0 bridgehead atoms. The van der Waals surface area contributed by atoms with Gasteiger partial charge in [0.15, 0.2) is 0 Å². The van der Waals surface area contributed by atoms with Crippen molar-refractivity contribution in [2.75, 3.05) is 19.0 Å². The molecule has 0 atom stereocenters. The number of nitrogens with zero attached hydrogens (tertiary/aromatic N) is 1. The summed E-state index contributed by atoms with van der Waals surface area (Å²) in [5.74, 6) is -0.302. The standard InChI is InChI=1S/C21H20N2O4S/c1-3-27-15-9-7-13(8-10-15)11-14(12-22)19(24)23-20-18(21(25)26-2)16-5-4-6-17(16)28-20/h7-11H,3-6H2,1-2H3,(H,23,24). The van der Waals surface area contributed by atoms with Crippen molar-refractivity contribution in [2.45, 2.75) is 26.2 Å². The van der Waals surface area contributed by atoms with Gasteiger partial charge in [-0.1, -0.05) is 12.1 Å². The van der Waals surface area contributed by atoms with Crippen LogP contribution in [0.15, 0.2) is 29.8 Å². The minimum absolute atomic E-state index is 0.0477. The van der Waals surface area contributed by atoms with Crippen LogP contribution in [0.4, 0.5) is 5.00 Å². The summed E-state index contributed by atoms with van der Waals surface area (Å²) in [4.78, 5) is 25.9. The van der Waals surface area contributed by atoms with Crippen molar-refractivity contribution in [3.63, 3.8) is 0 Å².